The largest absolute Gasteiger partial charge is 0.361 e. The van der Waals surface area contributed by atoms with Crippen molar-refractivity contribution >= 4 is 22.9 Å². The third-order valence-electron chi connectivity index (χ3n) is 7.71. The minimum atomic E-state index is -0.0590. The van der Waals surface area contributed by atoms with Crippen molar-refractivity contribution in [2.45, 2.75) is 33.2 Å². The molecule has 0 fully saturated rings. The fraction of sp³-hybridized carbons (Fsp3) is 0.212. The smallest absolute Gasteiger partial charge is 0.244 e. The zero-order chi connectivity index (χ0) is 26.1. The fourth-order valence-electron chi connectivity index (χ4n) is 5.28. The number of hydrogen-bond donors (Lipinski definition) is 2. The van der Waals surface area contributed by atoms with Gasteiger partial charge in [0.1, 0.15) is 5.82 Å². The maximum atomic E-state index is 12.5. The van der Waals surface area contributed by atoms with E-state index in [1.165, 1.54) is 22.3 Å². The fourth-order valence-corrected chi connectivity index (χ4v) is 5.28. The molecule has 38 heavy (non-hydrogen) atoms. The zero-order valence-corrected chi connectivity index (χ0v) is 21.9. The molecule has 0 aliphatic carbocycles. The number of carbonyl (C=O) groups is 1. The van der Waals surface area contributed by atoms with Crippen molar-refractivity contribution in [3.63, 3.8) is 0 Å². The Morgan fingerprint density at radius 1 is 1.03 bits per heavy atom. The lowest BCUT2D eigenvalue weighted by atomic mass is 9.99. The van der Waals surface area contributed by atoms with Crippen molar-refractivity contribution in [3.8, 4) is 22.4 Å². The molecule has 1 unspecified atom stereocenters. The number of nitrogens with one attached hydrogen (secondary N) is 2. The van der Waals surface area contributed by atoms with E-state index in [-0.39, 0.29) is 5.91 Å². The van der Waals surface area contributed by atoms with E-state index >= 15 is 0 Å². The van der Waals surface area contributed by atoms with E-state index in [0.29, 0.717) is 12.5 Å². The van der Waals surface area contributed by atoms with E-state index < -0.39 is 0 Å². The maximum absolute atomic E-state index is 12.5. The summed E-state index contributed by atoms with van der Waals surface area (Å²) in [6.07, 6.45) is 9.54. The van der Waals surface area contributed by atoms with Crippen LogP contribution in [0.25, 0.3) is 39.4 Å². The number of carbonyl (C=O) groups excluding carboxylic acids is 1. The number of hydrogen-bond acceptors (Lipinski definition) is 2. The van der Waals surface area contributed by atoms with Gasteiger partial charge in [0.15, 0.2) is 0 Å². The zero-order valence-electron chi connectivity index (χ0n) is 21.9. The molecule has 1 aliphatic rings. The Balaban J connectivity index is 1.07. The van der Waals surface area contributed by atoms with Crippen LogP contribution in [0.3, 0.4) is 0 Å². The molecule has 3 heterocycles. The van der Waals surface area contributed by atoms with Gasteiger partial charge in [-0.05, 0) is 66.1 Å². The summed E-state index contributed by atoms with van der Waals surface area (Å²) < 4.78 is 2.26. The standard InChI is InChI=1S/C33H32N4O/c1-22-7-9-27(17-23(22)2)25-10-12-26(13-11-25)31-21-37-20-24(8-15-32(37)36-31)18-35-33(38)16-14-28-19-34-30-6-4-3-5-29(28)30/h3-7,9-14,16-17,19,21,24,34H,8,15,18,20H2,1-2H3,(H,35,38). The molecule has 0 saturated heterocycles. The highest BCUT2D eigenvalue weighted by Gasteiger charge is 2.21. The lowest BCUT2D eigenvalue weighted by Gasteiger charge is -2.23. The van der Waals surface area contributed by atoms with Crippen molar-refractivity contribution in [3.05, 3.63) is 108 Å². The maximum Gasteiger partial charge on any atom is 0.244 e. The Morgan fingerprint density at radius 2 is 1.82 bits per heavy atom. The van der Waals surface area contributed by atoms with Crippen LogP contribution in [0.5, 0.6) is 0 Å². The number of aryl methyl sites for hydroxylation is 3. The lowest BCUT2D eigenvalue weighted by Crippen LogP contribution is -2.32. The van der Waals surface area contributed by atoms with Crippen LogP contribution < -0.4 is 5.32 Å². The molecular formula is C33H32N4O. The number of imidazole rings is 1. The van der Waals surface area contributed by atoms with E-state index in [4.69, 9.17) is 4.98 Å². The number of aromatic amines is 1. The molecule has 0 saturated carbocycles. The van der Waals surface area contributed by atoms with Gasteiger partial charge >= 0.3 is 0 Å². The second kappa shape index (κ2) is 10.2. The normalized spacial score (nSPS) is 15.2. The van der Waals surface area contributed by atoms with E-state index in [1.54, 1.807) is 6.08 Å². The summed E-state index contributed by atoms with van der Waals surface area (Å²) in [4.78, 5) is 20.7. The molecule has 3 aromatic carbocycles. The highest BCUT2D eigenvalue weighted by molar-refractivity contribution is 5.96. The molecule has 5 nitrogen and oxygen atoms in total. The monoisotopic (exact) mass is 500 g/mol. The summed E-state index contributed by atoms with van der Waals surface area (Å²) in [5.41, 5.74) is 9.32. The highest BCUT2D eigenvalue weighted by atomic mass is 16.1. The quantitative estimate of drug-likeness (QED) is 0.255. The molecule has 5 heteroatoms. The first-order valence-corrected chi connectivity index (χ1v) is 13.3. The molecule has 1 atom stereocenters. The SMILES string of the molecule is Cc1ccc(-c2ccc(-c3cn4c(n3)CCC(CNC(=O)C=Cc3c[nH]c5ccccc35)C4)cc2)cc1C. The highest BCUT2D eigenvalue weighted by Crippen LogP contribution is 2.28. The summed E-state index contributed by atoms with van der Waals surface area (Å²) >= 11 is 0. The Morgan fingerprint density at radius 3 is 2.66 bits per heavy atom. The Bertz CT molecular complexity index is 1640. The van der Waals surface area contributed by atoms with Gasteiger partial charge in [-0.3, -0.25) is 4.79 Å². The Labute approximate surface area is 223 Å². The van der Waals surface area contributed by atoms with Crippen molar-refractivity contribution in [2.24, 2.45) is 5.92 Å². The number of fused-ring (bicyclic) bond motifs is 2. The molecule has 190 valence electrons. The number of aromatic nitrogens is 3. The van der Waals surface area contributed by atoms with E-state index in [9.17, 15) is 4.79 Å². The van der Waals surface area contributed by atoms with Crippen LogP contribution in [-0.4, -0.2) is 27.0 Å². The summed E-state index contributed by atoms with van der Waals surface area (Å²) in [7, 11) is 0. The number of para-hydroxylation sites is 1. The molecule has 2 N–H and O–H groups in total. The van der Waals surface area contributed by atoms with Gasteiger partial charge < -0.3 is 14.9 Å². The first kappa shape index (κ1) is 24.0. The molecular weight excluding hydrogens is 468 g/mol. The van der Waals surface area contributed by atoms with Crippen molar-refractivity contribution in [1.82, 2.24) is 19.9 Å². The van der Waals surface area contributed by atoms with Crippen molar-refractivity contribution in [1.29, 1.82) is 0 Å². The van der Waals surface area contributed by atoms with Crippen molar-refractivity contribution in [2.75, 3.05) is 6.54 Å². The summed E-state index contributed by atoms with van der Waals surface area (Å²) in [6.45, 7) is 5.83. The van der Waals surface area contributed by atoms with Gasteiger partial charge in [0.05, 0.1) is 5.69 Å². The first-order valence-electron chi connectivity index (χ1n) is 13.3. The summed E-state index contributed by atoms with van der Waals surface area (Å²) in [5.74, 6) is 1.46. The Hall–Kier alpha value is -4.38. The molecule has 6 rings (SSSR count). The van der Waals surface area contributed by atoms with Crippen LogP contribution in [-0.2, 0) is 17.8 Å². The first-order chi connectivity index (χ1) is 18.5. The molecule has 0 bridgehead atoms. The minimum absolute atomic E-state index is 0.0590. The third kappa shape index (κ3) is 4.92. The second-order valence-electron chi connectivity index (χ2n) is 10.3. The van der Waals surface area contributed by atoms with Crippen LogP contribution in [0.2, 0.25) is 0 Å². The number of benzene rings is 3. The number of H-pyrrole nitrogens is 1. The average Bonchev–Trinajstić information content (AvgIpc) is 3.56. The summed E-state index contributed by atoms with van der Waals surface area (Å²) in [5, 5.41) is 4.21. The number of rotatable bonds is 6. The second-order valence-corrected chi connectivity index (χ2v) is 10.3. The molecule has 1 aliphatic heterocycles. The topological polar surface area (TPSA) is 62.7 Å². The third-order valence-corrected chi connectivity index (χ3v) is 7.71. The van der Waals surface area contributed by atoms with Crippen LogP contribution in [0.1, 0.15) is 28.9 Å². The lowest BCUT2D eigenvalue weighted by molar-refractivity contribution is -0.116. The van der Waals surface area contributed by atoms with Crippen molar-refractivity contribution < 1.29 is 4.79 Å². The van der Waals surface area contributed by atoms with Crippen LogP contribution in [0.4, 0.5) is 0 Å². The van der Waals surface area contributed by atoms with Gasteiger partial charge in [0.2, 0.25) is 5.91 Å². The van der Waals surface area contributed by atoms with Gasteiger partial charge in [0, 0.05) is 54.4 Å². The molecule has 5 aromatic rings. The van der Waals surface area contributed by atoms with Gasteiger partial charge in [-0.2, -0.15) is 0 Å². The predicted octanol–water partition coefficient (Wildman–Crippen LogP) is 6.71. The number of nitrogens with zero attached hydrogens (tertiary/aromatic N) is 2. The molecule has 2 aromatic heterocycles. The molecule has 0 radical (unpaired) electrons. The van der Waals surface area contributed by atoms with Crippen LogP contribution >= 0.6 is 0 Å². The average molecular weight is 501 g/mol. The van der Waals surface area contributed by atoms with E-state index in [0.717, 1.165) is 52.9 Å². The van der Waals surface area contributed by atoms with E-state index in [2.05, 4.69) is 83.4 Å². The molecule has 0 spiro atoms. The van der Waals surface area contributed by atoms with Crippen LogP contribution in [0.15, 0.2) is 85.2 Å². The van der Waals surface area contributed by atoms with E-state index in [1.807, 2.05) is 30.5 Å². The molecule has 1 amide bonds. The van der Waals surface area contributed by atoms with Gasteiger partial charge in [-0.25, -0.2) is 4.98 Å². The van der Waals surface area contributed by atoms with Gasteiger partial charge in [-0.1, -0.05) is 60.7 Å². The van der Waals surface area contributed by atoms with Gasteiger partial charge in [-0.15, -0.1) is 0 Å². The van der Waals surface area contributed by atoms with Crippen LogP contribution in [0, 0.1) is 19.8 Å². The Kier molecular flexibility index (Phi) is 6.42. The predicted molar refractivity (Wildman–Crippen MR) is 155 cm³/mol. The summed E-state index contributed by atoms with van der Waals surface area (Å²) in [6, 6.07) is 23.4. The van der Waals surface area contributed by atoms with Gasteiger partial charge in [0.25, 0.3) is 0 Å². The number of amides is 1. The minimum Gasteiger partial charge on any atom is -0.361 e.